The molecule has 3 rings (SSSR count). The number of aliphatic carboxylic acids is 1. The second-order valence-electron chi connectivity index (χ2n) is 6.29. The van der Waals surface area contributed by atoms with E-state index in [-0.39, 0.29) is 24.6 Å². The number of amides is 1. The number of benzene rings is 1. The number of hydrogen-bond acceptors (Lipinski definition) is 7. The van der Waals surface area contributed by atoms with Crippen LogP contribution in [-0.2, 0) is 9.59 Å². The van der Waals surface area contributed by atoms with E-state index in [9.17, 15) is 19.7 Å². The molecule has 0 radical (unpaired) electrons. The normalized spacial score (nSPS) is 15.3. The van der Waals surface area contributed by atoms with E-state index in [1.807, 2.05) is 0 Å². The molecule has 1 amide bonds. The summed E-state index contributed by atoms with van der Waals surface area (Å²) in [6, 6.07) is 7.94. The number of non-ortho nitro benzene ring substituents is 1. The molecule has 1 N–H and O–H groups in total. The number of carbonyl (C=O) groups is 2. The van der Waals surface area contributed by atoms with Crippen LogP contribution in [0.25, 0.3) is 17.4 Å². The summed E-state index contributed by atoms with van der Waals surface area (Å²) < 4.78 is 6.17. The van der Waals surface area contributed by atoms with Crippen LogP contribution >= 0.6 is 24.0 Å². The fourth-order valence-electron chi connectivity index (χ4n) is 2.82. The van der Waals surface area contributed by atoms with Gasteiger partial charge in [0, 0.05) is 36.7 Å². The third kappa shape index (κ3) is 4.72. The molecule has 150 valence electrons. The Balaban J connectivity index is 1.76. The van der Waals surface area contributed by atoms with Gasteiger partial charge in [0.2, 0.25) is 0 Å². The number of carboxylic acids is 1. The van der Waals surface area contributed by atoms with Crippen LogP contribution in [-0.4, -0.2) is 37.7 Å². The summed E-state index contributed by atoms with van der Waals surface area (Å²) in [5.74, 6) is -0.227. The van der Waals surface area contributed by atoms with Gasteiger partial charge in [0.05, 0.1) is 9.83 Å². The molecule has 1 aromatic carbocycles. The molecule has 0 spiro atoms. The molecule has 8 nitrogen and oxygen atoms in total. The minimum atomic E-state index is -0.921. The Morgan fingerprint density at radius 2 is 2.14 bits per heavy atom. The second kappa shape index (κ2) is 8.58. The summed E-state index contributed by atoms with van der Waals surface area (Å²) in [6.45, 7) is 2.01. The van der Waals surface area contributed by atoms with Crippen molar-refractivity contribution in [3.8, 4) is 11.3 Å². The van der Waals surface area contributed by atoms with Crippen molar-refractivity contribution in [1.29, 1.82) is 0 Å². The molecule has 1 aliphatic heterocycles. The third-order valence-electron chi connectivity index (χ3n) is 4.23. The minimum absolute atomic E-state index is 0.00426. The fraction of sp³-hybridized carbons (Fsp3) is 0.211. The Morgan fingerprint density at radius 1 is 1.38 bits per heavy atom. The van der Waals surface area contributed by atoms with Gasteiger partial charge in [-0.1, -0.05) is 24.0 Å². The average Bonchev–Trinajstić information content (AvgIpc) is 3.21. The molecular weight excluding hydrogens is 416 g/mol. The van der Waals surface area contributed by atoms with E-state index in [0.717, 1.165) is 17.3 Å². The lowest BCUT2D eigenvalue weighted by Gasteiger charge is -2.13. The first-order chi connectivity index (χ1) is 13.8. The van der Waals surface area contributed by atoms with Gasteiger partial charge < -0.3 is 9.52 Å². The van der Waals surface area contributed by atoms with Gasteiger partial charge in [0.15, 0.2) is 0 Å². The van der Waals surface area contributed by atoms with Crippen LogP contribution in [0.5, 0.6) is 0 Å². The summed E-state index contributed by atoms with van der Waals surface area (Å²) in [5, 5.41) is 19.6. The molecule has 0 atom stereocenters. The molecular formula is C19H16N2O6S2. The van der Waals surface area contributed by atoms with Crippen molar-refractivity contribution in [3.05, 3.63) is 56.7 Å². The number of carbonyl (C=O) groups excluding carboxylic acids is 1. The molecule has 0 unspecified atom stereocenters. The van der Waals surface area contributed by atoms with E-state index in [1.165, 1.54) is 17.0 Å². The number of nitro benzene ring substituents is 1. The topological polar surface area (TPSA) is 114 Å². The Hall–Kier alpha value is -2.98. The number of furan rings is 1. The van der Waals surface area contributed by atoms with Gasteiger partial charge in [-0.3, -0.25) is 24.6 Å². The highest BCUT2D eigenvalue weighted by Gasteiger charge is 2.32. The van der Waals surface area contributed by atoms with Crippen LogP contribution in [0, 0.1) is 17.0 Å². The number of hydrogen-bond donors (Lipinski definition) is 1. The zero-order chi connectivity index (χ0) is 21.1. The first-order valence-corrected chi connectivity index (χ1v) is 9.81. The molecule has 2 aromatic rings. The highest BCUT2D eigenvalue weighted by Crippen LogP contribution is 2.34. The van der Waals surface area contributed by atoms with Crippen molar-refractivity contribution < 1.29 is 24.0 Å². The van der Waals surface area contributed by atoms with Gasteiger partial charge in [-0.25, -0.2) is 0 Å². The van der Waals surface area contributed by atoms with E-state index < -0.39 is 10.9 Å². The monoisotopic (exact) mass is 432 g/mol. The van der Waals surface area contributed by atoms with Crippen molar-refractivity contribution in [1.82, 2.24) is 4.90 Å². The molecule has 1 fully saturated rings. The molecule has 0 aliphatic carbocycles. The van der Waals surface area contributed by atoms with Gasteiger partial charge in [0.1, 0.15) is 15.8 Å². The number of nitrogens with zero attached hydrogens (tertiary/aromatic N) is 2. The van der Waals surface area contributed by atoms with Gasteiger partial charge in [-0.2, -0.15) is 0 Å². The number of aryl methyl sites for hydroxylation is 1. The molecule has 1 saturated heterocycles. The molecule has 0 bridgehead atoms. The maximum absolute atomic E-state index is 12.5. The van der Waals surface area contributed by atoms with Gasteiger partial charge >= 0.3 is 5.97 Å². The average molecular weight is 432 g/mol. The third-order valence-corrected chi connectivity index (χ3v) is 5.61. The summed E-state index contributed by atoms with van der Waals surface area (Å²) in [4.78, 5) is 35.4. The van der Waals surface area contributed by atoms with Crippen LogP contribution in [0.3, 0.4) is 0 Å². The molecule has 2 heterocycles. The quantitative estimate of drug-likeness (QED) is 0.299. The smallest absolute Gasteiger partial charge is 0.303 e. The first-order valence-electron chi connectivity index (χ1n) is 8.58. The van der Waals surface area contributed by atoms with Crippen molar-refractivity contribution in [2.45, 2.75) is 19.8 Å². The lowest BCUT2D eigenvalue weighted by Crippen LogP contribution is -2.29. The number of carboxylic acid groups (broad SMARTS) is 1. The summed E-state index contributed by atoms with van der Waals surface area (Å²) in [7, 11) is 0. The highest BCUT2D eigenvalue weighted by atomic mass is 32.2. The Morgan fingerprint density at radius 3 is 2.79 bits per heavy atom. The molecule has 1 aliphatic rings. The van der Waals surface area contributed by atoms with Crippen molar-refractivity contribution in [3.63, 3.8) is 0 Å². The number of nitro groups is 1. The number of thiocarbonyl (C=S) groups is 1. The van der Waals surface area contributed by atoms with Crippen LogP contribution in [0.15, 0.2) is 39.7 Å². The van der Waals surface area contributed by atoms with Gasteiger partial charge in [0.25, 0.3) is 11.6 Å². The number of thioether (sulfide) groups is 1. The van der Waals surface area contributed by atoms with E-state index in [0.29, 0.717) is 32.7 Å². The van der Waals surface area contributed by atoms with E-state index in [4.69, 9.17) is 21.7 Å². The van der Waals surface area contributed by atoms with Crippen LogP contribution < -0.4 is 0 Å². The Bertz CT molecular complexity index is 1040. The lowest BCUT2D eigenvalue weighted by atomic mass is 10.1. The Labute approximate surface area is 175 Å². The standard InChI is InChI=1S/C19H16N2O6S2/c1-11-9-12(21(25)26)4-6-14(11)15-7-5-13(27-15)10-16-18(24)20(19(28)29-16)8-2-3-17(22)23/h4-7,9-10H,2-3,8H2,1H3,(H,22,23)/b16-10+. The van der Waals surface area contributed by atoms with E-state index in [2.05, 4.69) is 0 Å². The molecule has 0 saturated carbocycles. The molecule has 29 heavy (non-hydrogen) atoms. The van der Waals surface area contributed by atoms with Gasteiger partial charge in [-0.05, 0) is 37.1 Å². The zero-order valence-electron chi connectivity index (χ0n) is 15.3. The van der Waals surface area contributed by atoms with Gasteiger partial charge in [-0.15, -0.1) is 0 Å². The predicted octanol–water partition coefficient (Wildman–Crippen LogP) is 4.23. The summed E-state index contributed by atoms with van der Waals surface area (Å²) in [5.41, 5.74) is 1.42. The minimum Gasteiger partial charge on any atom is -0.481 e. The lowest BCUT2D eigenvalue weighted by molar-refractivity contribution is -0.384. The van der Waals surface area contributed by atoms with E-state index >= 15 is 0 Å². The summed E-state index contributed by atoms with van der Waals surface area (Å²) in [6.07, 6.45) is 1.87. The molecule has 1 aromatic heterocycles. The highest BCUT2D eigenvalue weighted by molar-refractivity contribution is 8.26. The largest absolute Gasteiger partial charge is 0.481 e. The zero-order valence-corrected chi connectivity index (χ0v) is 16.9. The van der Waals surface area contributed by atoms with Crippen molar-refractivity contribution >= 4 is 51.9 Å². The van der Waals surface area contributed by atoms with Crippen molar-refractivity contribution in [2.24, 2.45) is 0 Å². The maximum Gasteiger partial charge on any atom is 0.303 e. The fourth-order valence-corrected chi connectivity index (χ4v) is 4.11. The van der Waals surface area contributed by atoms with Crippen LogP contribution in [0.1, 0.15) is 24.2 Å². The first kappa shape index (κ1) is 20.7. The SMILES string of the molecule is Cc1cc([N+](=O)[O-])ccc1-c1ccc(/C=C2/SC(=S)N(CCCC(=O)O)C2=O)o1. The summed E-state index contributed by atoms with van der Waals surface area (Å²) >= 11 is 6.35. The Kier molecular flexibility index (Phi) is 6.14. The molecule has 10 heteroatoms. The maximum atomic E-state index is 12.5. The number of rotatable bonds is 7. The van der Waals surface area contributed by atoms with Crippen LogP contribution in [0.2, 0.25) is 0 Å². The van der Waals surface area contributed by atoms with E-state index in [1.54, 1.807) is 31.2 Å². The second-order valence-corrected chi connectivity index (χ2v) is 7.96. The predicted molar refractivity (Wildman–Crippen MR) is 112 cm³/mol. The van der Waals surface area contributed by atoms with Crippen molar-refractivity contribution in [2.75, 3.05) is 6.54 Å². The van der Waals surface area contributed by atoms with Crippen LogP contribution in [0.4, 0.5) is 5.69 Å².